The second-order valence-corrected chi connectivity index (χ2v) is 4.19. The molecular formula is C8H14NO4P. The van der Waals surface area contributed by atoms with E-state index in [1.165, 1.54) is 0 Å². The highest BCUT2D eigenvalue weighted by Gasteiger charge is 2.15. The van der Waals surface area contributed by atoms with Crippen molar-refractivity contribution in [3.8, 4) is 0 Å². The van der Waals surface area contributed by atoms with Crippen molar-refractivity contribution in [2.45, 2.75) is 12.8 Å². The zero-order chi connectivity index (χ0) is 11.2. The normalized spacial score (nSPS) is 15.9. The van der Waals surface area contributed by atoms with Gasteiger partial charge in [-0.3, -0.25) is 9.36 Å². The Labute approximate surface area is 82.9 Å². The third-order valence-electron chi connectivity index (χ3n) is 1.57. The van der Waals surface area contributed by atoms with Crippen molar-refractivity contribution >= 4 is 13.5 Å². The largest absolute Gasteiger partial charge is 0.348 e. The van der Waals surface area contributed by atoms with Crippen molar-refractivity contribution in [2.75, 3.05) is 6.54 Å². The molecule has 0 aliphatic carbocycles. The van der Waals surface area contributed by atoms with Crippen molar-refractivity contribution < 1.29 is 19.1 Å². The van der Waals surface area contributed by atoms with E-state index in [1.54, 1.807) is 11.1 Å². The fourth-order valence-electron chi connectivity index (χ4n) is 0.862. The molecular weight excluding hydrogens is 205 g/mol. The van der Waals surface area contributed by atoms with Gasteiger partial charge in [-0.15, -0.1) is 0 Å². The minimum absolute atomic E-state index is 0.208. The Balaban J connectivity index is 0.000000255. The molecule has 1 rings (SSSR count). The maximum atomic E-state index is 10.7. The molecule has 0 spiro atoms. The van der Waals surface area contributed by atoms with E-state index >= 15 is 0 Å². The summed E-state index contributed by atoms with van der Waals surface area (Å²) in [5.41, 5.74) is 0. The van der Waals surface area contributed by atoms with Crippen LogP contribution in [0.5, 0.6) is 0 Å². The van der Waals surface area contributed by atoms with E-state index < -0.39 is 7.60 Å². The average Bonchev–Trinajstić information content (AvgIpc) is 2.51. The van der Waals surface area contributed by atoms with Crippen LogP contribution < -0.4 is 0 Å². The molecule has 6 heteroatoms. The van der Waals surface area contributed by atoms with Crippen molar-refractivity contribution in [1.82, 2.24) is 4.90 Å². The van der Waals surface area contributed by atoms with Gasteiger partial charge >= 0.3 is 7.60 Å². The molecule has 1 aliphatic rings. The smallest absolute Gasteiger partial charge is 0.321 e. The summed E-state index contributed by atoms with van der Waals surface area (Å²) in [7, 11) is -3.88. The molecule has 5 nitrogen and oxygen atoms in total. The van der Waals surface area contributed by atoms with Crippen molar-refractivity contribution in [3.05, 3.63) is 25.2 Å². The number of amides is 1. The summed E-state index contributed by atoms with van der Waals surface area (Å²) in [6.45, 7) is 7.23. The molecule has 0 aromatic rings. The maximum absolute atomic E-state index is 10.7. The van der Waals surface area contributed by atoms with Crippen LogP contribution in [0, 0.1) is 0 Å². The van der Waals surface area contributed by atoms with Gasteiger partial charge in [-0.2, -0.15) is 0 Å². The van der Waals surface area contributed by atoms with Gasteiger partial charge in [0.2, 0.25) is 5.91 Å². The Morgan fingerprint density at radius 3 is 2.07 bits per heavy atom. The van der Waals surface area contributed by atoms with Crippen LogP contribution in [0.15, 0.2) is 25.2 Å². The summed E-state index contributed by atoms with van der Waals surface area (Å²) < 4.78 is 9.58. The molecule has 0 aromatic heterocycles. The summed E-state index contributed by atoms with van der Waals surface area (Å²) in [5.74, 6) is 0.813. The first kappa shape index (κ1) is 13.1. The number of hydrogen-bond acceptors (Lipinski definition) is 2. The highest BCUT2D eigenvalue weighted by atomic mass is 31.2. The first-order chi connectivity index (χ1) is 6.40. The van der Waals surface area contributed by atoms with E-state index in [0.717, 1.165) is 13.0 Å². The molecule has 1 heterocycles. The lowest BCUT2D eigenvalue weighted by Crippen LogP contribution is -2.16. The van der Waals surface area contributed by atoms with Crippen LogP contribution in [0.2, 0.25) is 0 Å². The molecule has 80 valence electrons. The van der Waals surface area contributed by atoms with Crippen LogP contribution in [-0.2, 0) is 9.36 Å². The number of carbonyl (C=O) groups excluding carboxylic acids is 1. The summed E-state index contributed by atoms with van der Waals surface area (Å²) in [4.78, 5) is 28.0. The van der Waals surface area contributed by atoms with E-state index in [9.17, 15) is 9.36 Å². The van der Waals surface area contributed by atoms with Crippen LogP contribution in [0.25, 0.3) is 0 Å². The molecule has 0 unspecified atom stereocenters. The third kappa shape index (κ3) is 5.70. The van der Waals surface area contributed by atoms with Crippen molar-refractivity contribution in [2.24, 2.45) is 0 Å². The average molecular weight is 219 g/mol. The number of nitrogens with zero attached hydrogens (tertiary/aromatic N) is 1. The summed E-state index contributed by atoms with van der Waals surface area (Å²) >= 11 is 0. The lowest BCUT2D eigenvalue weighted by molar-refractivity contribution is -0.125. The van der Waals surface area contributed by atoms with Gasteiger partial charge in [-0.1, -0.05) is 13.2 Å². The fourth-order valence-corrected chi connectivity index (χ4v) is 0.862. The predicted molar refractivity (Wildman–Crippen MR) is 53.4 cm³/mol. The summed E-state index contributed by atoms with van der Waals surface area (Å²) in [6, 6.07) is 0. The van der Waals surface area contributed by atoms with Gasteiger partial charge in [-0.05, 0) is 12.6 Å². The molecule has 1 amide bonds. The van der Waals surface area contributed by atoms with Gasteiger partial charge in [0.25, 0.3) is 0 Å². The van der Waals surface area contributed by atoms with Crippen LogP contribution in [0.3, 0.4) is 0 Å². The van der Waals surface area contributed by atoms with Crippen LogP contribution in [-0.4, -0.2) is 27.1 Å². The monoisotopic (exact) mass is 219 g/mol. The van der Waals surface area contributed by atoms with E-state index in [1.807, 2.05) is 0 Å². The van der Waals surface area contributed by atoms with Gasteiger partial charge in [0.15, 0.2) is 0 Å². The lowest BCUT2D eigenvalue weighted by atomic mass is 10.4. The molecule has 0 atom stereocenters. The molecule has 2 N–H and O–H groups in total. The maximum Gasteiger partial charge on any atom is 0.348 e. The van der Waals surface area contributed by atoms with Gasteiger partial charge in [0.1, 0.15) is 0 Å². The highest BCUT2D eigenvalue weighted by Crippen LogP contribution is 2.34. The molecule has 0 bridgehead atoms. The number of rotatable bonds is 2. The Morgan fingerprint density at radius 2 is 1.93 bits per heavy atom. The van der Waals surface area contributed by atoms with Crippen LogP contribution in [0.4, 0.5) is 0 Å². The summed E-state index contributed by atoms with van der Waals surface area (Å²) in [5, 5.41) is 0. The molecule has 14 heavy (non-hydrogen) atoms. The van der Waals surface area contributed by atoms with Crippen LogP contribution >= 0.6 is 7.60 Å². The second kappa shape index (κ2) is 5.75. The SMILES string of the molecule is C=CN1CCCC1=O.C=CP(=O)(O)O. The van der Waals surface area contributed by atoms with Gasteiger partial charge < -0.3 is 14.7 Å². The number of hydrogen-bond donors (Lipinski definition) is 2. The zero-order valence-corrected chi connectivity index (χ0v) is 8.69. The van der Waals surface area contributed by atoms with Crippen molar-refractivity contribution in [3.63, 3.8) is 0 Å². The Bertz CT molecular complexity index is 271. The van der Waals surface area contributed by atoms with E-state index in [0.29, 0.717) is 12.2 Å². The van der Waals surface area contributed by atoms with Crippen LogP contribution in [0.1, 0.15) is 12.8 Å². The molecule has 1 fully saturated rings. The molecule has 1 aliphatic heterocycles. The topological polar surface area (TPSA) is 77.8 Å². The summed E-state index contributed by atoms with van der Waals surface area (Å²) in [6.07, 6.45) is 3.28. The lowest BCUT2D eigenvalue weighted by Gasteiger charge is -2.05. The number of carbonyl (C=O) groups is 1. The minimum Gasteiger partial charge on any atom is -0.321 e. The highest BCUT2D eigenvalue weighted by molar-refractivity contribution is 7.55. The number of likely N-dealkylation sites (tertiary alicyclic amines) is 1. The predicted octanol–water partition coefficient (Wildman–Crippen LogP) is 1.06. The van der Waals surface area contributed by atoms with Gasteiger partial charge in [0, 0.05) is 18.8 Å². The Morgan fingerprint density at radius 1 is 1.43 bits per heavy atom. The van der Waals surface area contributed by atoms with E-state index in [2.05, 4.69) is 13.2 Å². The first-order valence-electron chi connectivity index (χ1n) is 4.01. The van der Waals surface area contributed by atoms with E-state index in [4.69, 9.17) is 9.79 Å². The van der Waals surface area contributed by atoms with Gasteiger partial charge in [-0.25, -0.2) is 0 Å². The molecule has 0 saturated carbocycles. The second-order valence-electron chi connectivity index (χ2n) is 2.64. The quantitative estimate of drug-likeness (QED) is 0.680. The van der Waals surface area contributed by atoms with Gasteiger partial charge in [0.05, 0.1) is 0 Å². The molecule has 0 radical (unpaired) electrons. The molecule has 1 saturated heterocycles. The van der Waals surface area contributed by atoms with Crippen molar-refractivity contribution in [1.29, 1.82) is 0 Å². The van der Waals surface area contributed by atoms with E-state index in [-0.39, 0.29) is 5.91 Å². The standard InChI is InChI=1S/C6H9NO.C2H5O3P/c1-2-7-5-3-4-6(7)8;1-2-6(3,4)5/h2H,1,3-5H2;2H,1H2,(H2,3,4,5). The minimum atomic E-state index is -3.88. The zero-order valence-electron chi connectivity index (χ0n) is 7.80. The fraction of sp³-hybridized carbons (Fsp3) is 0.375. The molecule has 0 aromatic carbocycles. The third-order valence-corrected chi connectivity index (χ3v) is 2.04. The Kier molecular flexibility index (Phi) is 5.38. The first-order valence-corrected chi connectivity index (χ1v) is 5.69. The Hall–Kier alpha value is -0.900.